The summed E-state index contributed by atoms with van der Waals surface area (Å²) in [6.07, 6.45) is 2.72. The van der Waals surface area contributed by atoms with Gasteiger partial charge in [0.1, 0.15) is 22.8 Å². The van der Waals surface area contributed by atoms with E-state index in [4.69, 9.17) is 5.73 Å². The lowest BCUT2D eigenvalue weighted by Crippen LogP contribution is -2.70. The molecule has 38 heavy (non-hydrogen) atoms. The zero-order valence-electron chi connectivity index (χ0n) is 21.1. The van der Waals surface area contributed by atoms with Crippen molar-refractivity contribution in [2.24, 2.45) is 17.6 Å². The van der Waals surface area contributed by atoms with Crippen LogP contribution in [0.2, 0.25) is 0 Å². The fourth-order valence-corrected chi connectivity index (χ4v) is 8.42. The minimum Gasteiger partial charge on any atom is -0.508 e. The van der Waals surface area contributed by atoms with E-state index in [0.717, 1.165) is 25.7 Å². The van der Waals surface area contributed by atoms with E-state index in [9.17, 15) is 39.9 Å². The normalized spacial score (nSPS) is 33.4. The Balaban J connectivity index is 1.73. The van der Waals surface area contributed by atoms with Crippen LogP contribution in [0.15, 0.2) is 35.1 Å². The number of Topliss-reactive ketones (excluding diaryl/α,β-unsaturated/α-hetero) is 2. The van der Waals surface area contributed by atoms with Crippen LogP contribution in [0.1, 0.15) is 42.7 Å². The van der Waals surface area contributed by atoms with Crippen molar-refractivity contribution in [3.63, 3.8) is 0 Å². The molecule has 11 heteroatoms. The van der Waals surface area contributed by atoms with Gasteiger partial charge >= 0.3 is 0 Å². The maximum absolute atomic E-state index is 14.1. The van der Waals surface area contributed by atoms with E-state index < -0.39 is 70.1 Å². The number of aromatic hydroxyl groups is 1. The Labute approximate surface area is 223 Å². The maximum atomic E-state index is 14.1. The molecule has 0 spiro atoms. The number of fused-ring (bicyclic) bond motifs is 3. The Morgan fingerprint density at radius 3 is 2.42 bits per heavy atom. The van der Waals surface area contributed by atoms with Gasteiger partial charge in [-0.1, -0.05) is 25.0 Å². The van der Waals surface area contributed by atoms with Gasteiger partial charge in [-0.3, -0.25) is 19.3 Å². The highest BCUT2D eigenvalue weighted by Crippen LogP contribution is 2.57. The average molecular weight is 545 g/mol. The van der Waals surface area contributed by atoms with Gasteiger partial charge in [0.05, 0.1) is 23.6 Å². The first-order valence-electron chi connectivity index (χ1n) is 12.7. The summed E-state index contributed by atoms with van der Waals surface area (Å²) in [7, 11) is 2.98. The molecule has 1 aromatic rings. The van der Waals surface area contributed by atoms with Gasteiger partial charge in [0.25, 0.3) is 5.91 Å². The van der Waals surface area contributed by atoms with Gasteiger partial charge in [-0.15, -0.1) is 0 Å². The second kappa shape index (κ2) is 9.41. The lowest BCUT2D eigenvalue weighted by atomic mass is 9.54. The molecule has 5 rings (SSSR count). The fraction of sp³-hybridized carbons (Fsp3) is 0.519. The monoisotopic (exact) mass is 544 g/mol. The van der Waals surface area contributed by atoms with Crippen LogP contribution < -0.4 is 5.73 Å². The smallest absolute Gasteiger partial charge is 0.255 e. The fourth-order valence-electron chi connectivity index (χ4n) is 6.89. The van der Waals surface area contributed by atoms with Crippen LogP contribution in [0.4, 0.5) is 0 Å². The van der Waals surface area contributed by atoms with Crippen molar-refractivity contribution in [3.8, 4) is 5.75 Å². The topological polar surface area (TPSA) is 182 Å². The highest BCUT2D eigenvalue weighted by Gasteiger charge is 2.68. The molecule has 7 N–H and O–H groups in total. The summed E-state index contributed by atoms with van der Waals surface area (Å²) in [5.41, 5.74) is 1.74. The summed E-state index contributed by atoms with van der Waals surface area (Å²) in [5, 5.41) is 57.1. The molecule has 1 aromatic carbocycles. The predicted octanol–water partition coefficient (Wildman–Crippen LogP) is 1.15. The number of amides is 1. The summed E-state index contributed by atoms with van der Waals surface area (Å²) < 4.78 is 0. The molecule has 0 radical (unpaired) electrons. The number of rotatable bonds is 5. The maximum Gasteiger partial charge on any atom is 0.255 e. The Morgan fingerprint density at radius 1 is 1.16 bits per heavy atom. The molecule has 0 heterocycles. The van der Waals surface area contributed by atoms with Crippen molar-refractivity contribution < 1.29 is 39.9 Å². The summed E-state index contributed by atoms with van der Waals surface area (Å²) in [5.74, 6) is -8.22. The number of hydrogen-bond acceptors (Lipinski definition) is 10. The van der Waals surface area contributed by atoms with Gasteiger partial charge in [-0.25, -0.2) is 0 Å². The SMILES string of the molecule is CN(C)[C@@H]1C(=O)C(C(N)=O)=C(O)[C@@]2(O)C(=O)C3=C(O)c4c(O)cccc4[C@H](CSC4CCCC4)C3[C@H](O)C12. The Hall–Kier alpha value is -2.86. The van der Waals surface area contributed by atoms with Gasteiger partial charge in [-0.05, 0) is 38.6 Å². The van der Waals surface area contributed by atoms with Gasteiger partial charge in [0.2, 0.25) is 5.78 Å². The molecule has 4 aliphatic carbocycles. The Morgan fingerprint density at radius 2 is 1.82 bits per heavy atom. The standard InChI is InChI=1S/C27H32N2O8S/c1-29(2)20-19-22(32)16-13(10-38-11-6-3-4-7-11)12-8-5-9-14(30)15(12)21(31)17(16)24(34)27(19,37)25(35)18(23(20)33)26(28)36/h5,8-9,11,13,16,19-20,22,30-32,35,37H,3-4,6-7,10H2,1-2H3,(H2,28,36)/t13-,16?,19?,20-,22-,27-/m0/s1. The van der Waals surface area contributed by atoms with Crippen LogP contribution in [0.5, 0.6) is 5.75 Å². The molecular formula is C27H32N2O8S. The van der Waals surface area contributed by atoms with Crippen LogP contribution in [-0.4, -0.2) is 90.8 Å². The molecule has 10 nitrogen and oxygen atoms in total. The molecule has 0 aliphatic heterocycles. The number of ketones is 2. The number of nitrogens with zero attached hydrogens (tertiary/aromatic N) is 1. The zero-order chi connectivity index (χ0) is 27.7. The van der Waals surface area contributed by atoms with E-state index in [1.165, 1.54) is 25.1 Å². The van der Waals surface area contributed by atoms with Crippen LogP contribution in [0.25, 0.3) is 5.76 Å². The molecule has 0 aromatic heterocycles. The van der Waals surface area contributed by atoms with E-state index in [1.54, 1.807) is 23.9 Å². The second-order valence-corrected chi connectivity index (χ2v) is 12.2. The molecule has 2 saturated carbocycles. The summed E-state index contributed by atoms with van der Waals surface area (Å²) in [6.45, 7) is 0. The lowest BCUT2D eigenvalue weighted by Gasteiger charge is -2.54. The minimum atomic E-state index is -2.91. The van der Waals surface area contributed by atoms with Crippen molar-refractivity contribution in [3.05, 3.63) is 46.2 Å². The summed E-state index contributed by atoms with van der Waals surface area (Å²) >= 11 is 1.69. The highest BCUT2D eigenvalue weighted by atomic mass is 32.2. The molecule has 4 aliphatic rings. The molecule has 6 atom stereocenters. The molecule has 2 fully saturated rings. The van der Waals surface area contributed by atoms with Crippen molar-refractivity contribution >= 4 is 35.0 Å². The Bertz CT molecular complexity index is 1280. The van der Waals surface area contributed by atoms with E-state index in [0.29, 0.717) is 16.6 Å². The van der Waals surface area contributed by atoms with Gasteiger partial charge in [-0.2, -0.15) is 11.8 Å². The molecule has 204 valence electrons. The molecule has 0 bridgehead atoms. The van der Waals surface area contributed by atoms with Crippen molar-refractivity contribution in [1.82, 2.24) is 4.90 Å². The molecule has 2 unspecified atom stereocenters. The highest BCUT2D eigenvalue weighted by molar-refractivity contribution is 7.99. The quantitative estimate of drug-likeness (QED) is 0.294. The van der Waals surface area contributed by atoms with Crippen LogP contribution >= 0.6 is 11.8 Å². The third kappa shape index (κ3) is 3.63. The van der Waals surface area contributed by atoms with Crippen LogP contribution in [0, 0.1) is 11.8 Å². The number of likely N-dealkylation sites (N-methyl/N-ethyl adjacent to an activating group) is 1. The summed E-state index contributed by atoms with van der Waals surface area (Å²) in [6, 6.07) is 3.34. The first-order valence-corrected chi connectivity index (χ1v) is 13.7. The van der Waals surface area contributed by atoms with E-state index in [-0.39, 0.29) is 16.9 Å². The Kier molecular flexibility index (Phi) is 6.62. The van der Waals surface area contributed by atoms with Gasteiger partial charge in [0, 0.05) is 28.4 Å². The lowest BCUT2D eigenvalue weighted by molar-refractivity contribution is -0.169. The second-order valence-electron chi connectivity index (χ2n) is 10.8. The molecule has 1 amide bonds. The minimum absolute atomic E-state index is 0.0213. The molecular weight excluding hydrogens is 512 g/mol. The van der Waals surface area contributed by atoms with Crippen LogP contribution in [-0.2, 0) is 14.4 Å². The number of aliphatic hydroxyl groups excluding tert-OH is 3. The van der Waals surface area contributed by atoms with Crippen molar-refractivity contribution in [1.29, 1.82) is 0 Å². The number of thioether (sulfide) groups is 1. The van der Waals surface area contributed by atoms with Gasteiger partial charge in [0.15, 0.2) is 11.4 Å². The van der Waals surface area contributed by atoms with Gasteiger partial charge < -0.3 is 31.3 Å². The molecule has 0 saturated heterocycles. The third-order valence-electron chi connectivity index (χ3n) is 8.61. The predicted molar refractivity (Wildman–Crippen MR) is 139 cm³/mol. The number of primary amides is 1. The van der Waals surface area contributed by atoms with E-state index in [1.807, 2.05) is 0 Å². The first-order chi connectivity index (χ1) is 17.9. The first kappa shape index (κ1) is 26.7. The largest absolute Gasteiger partial charge is 0.508 e. The zero-order valence-corrected chi connectivity index (χ0v) is 21.9. The van der Waals surface area contributed by atoms with E-state index in [2.05, 4.69) is 0 Å². The van der Waals surface area contributed by atoms with Crippen molar-refractivity contribution in [2.45, 2.75) is 54.6 Å². The number of hydrogen-bond donors (Lipinski definition) is 6. The number of carbonyl (C=O) groups is 3. The van der Waals surface area contributed by atoms with E-state index >= 15 is 0 Å². The van der Waals surface area contributed by atoms with Crippen LogP contribution in [0.3, 0.4) is 0 Å². The third-order valence-corrected chi connectivity index (χ3v) is 10.1. The number of nitrogens with two attached hydrogens (primary N) is 1. The average Bonchev–Trinajstić information content (AvgIpc) is 3.37. The number of aliphatic hydroxyl groups is 4. The number of phenolic OH excluding ortho intramolecular Hbond substituents is 1. The number of phenols is 1. The summed E-state index contributed by atoms with van der Waals surface area (Å²) in [4.78, 5) is 40.9. The number of carbonyl (C=O) groups excluding carboxylic acids is 3. The van der Waals surface area contributed by atoms with Crippen molar-refractivity contribution in [2.75, 3.05) is 19.8 Å². The number of benzene rings is 1.